The highest BCUT2D eigenvalue weighted by molar-refractivity contribution is 6.35. The van der Waals surface area contributed by atoms with Crippen molar-refractivity contribution in [1.29, 1.82) is 0 Å². The maximum atomic E-state index is 12.2. The van der Waals surface area contributed by atoms with E-state index in [1.54, 1.807) is 6.07 Å². The number of hydrogen-bond acceptors (Lipinski definition) is 3. The second-order valence-corrected chi connectivity index (χ2v) is 6.10. The number of carbonyl (C=O) groups is 1. The van der Waals surface area contributed by atoms with Crippen molar-refractivity contribution in [2.24, 2.45) is 0 Å². The monoisotopic (exact) mass is 305 g/mol. The van der Waals surface area contributed by atoms with Gasteiger partial charge in [0.05, 0.1) is 0 Å². The highest BCUT2D eigenvalue weighted by atomic mass is 16.2. The number of anilines is 3. The smallest absolute Gasteiger partial charge is 0.256 e. The summed E-state index contributed by atoms with van der Waals surface area (Å²) in [6.07, 6.45) is 4.46. The van der Waals surface area contributed by atoms with E-state index in [9.17, 15) is 4.79 Å². The molecule has 0 aliphatic carbocycles. The Morgan fingerprint density at radius 2 is 1.78 bits per heavy atom. The Balaban J connectivity index is 1.65. The van der Waals surface area contributed by atoms with Crippen LogP contribution in [0.4, 0.5) is 17.1 Å². The first kappa shape index (κ1) is 13.9. The fourth-order valence-electron chi connectivity index (χ4n) is 3.27. The van der Waals surface area contributed by atoms with Crippen LogP contribution >= 0.6 is 0 Å². The lowest BCUT2D eigenvalue weighted by Crippen LogP contribution is -2.17. The van der Waals surface area contributed by atoms with Crippen LogP contribution in [-0.4, -0.2) is 19.0 Å². The van der Waals surface area contributed by atoms with Gasteiger partial charge in [-0.15, -0.1) is 0 Å². The molecule has 1 amide bonds. The van der Waals surface area contributed by atoms with Gasteiger partial charge in [0, 0.05) is 41.3 Å². The van der Waals surface area contributed by atoms with Crippen LogP contribution in [0, 0.1) is 0 Å². The molecule has 2 aliphatic rings. The molecule has 2 heterocycles. The number of rotatable bonds is 2. The van der Waals surface area contributed by atoms with E-state index in [0.29, 0.717) is 11.3 Å². The number of hydrogen-bond donors (Lipinski definition) is 2. The molecule has 0 radical (unpaired) electrons. The van der Waals surface area contributed by atoms with Gasteiger partial charge in [0.1, 0.15) is 0 Å². The van der Waals surface area contributed by atoms with Gasteiger partial charge in [-0.3, -0.25) is 4.79 Å². The number of fused-ring (bicyclic) bond motifs is 1. The molecule has 0 saturated carbocycles. The topological polar surface area (TPSA) is 58.4 Å². The van der Waals surface area contributed by atoms with Gasteiger partial charge >= 0.3 is 0 Å². The highest BCUT2D eigenvalue weighted by Crippen LogP contribution is 2.34. The van der Waals surface area contributed by atoms with E-state index in [-0.39, 0.29) is 5.91 Å². The van der Waals surface area contributed by atoms with Crippen LogP contribution in [0.2, 0.25) is 0 Å². The van der Waals surface area contributed by atoms with Crippen molar-refractivity contribution in [3.63, 3.8) is 0 Å². The molecule has 23 heavy (non-hydrogen) atoms. The molecule has 4 nitrogen and oxygen atoms in total. The maximum absolute atomic E-state index is 12.2. The molecule has 3 N–H and O–H groups in total. The number of carbonyl (C=O) groups excluding carboxylic acids is 1. The third-order valence-corrected chi connectivity index (χ3v) is 4.50. The molecule has 0 aromatic heterocycles. The fraction of sp³-hybridized carbons (Fsp3) is 0.211. The molecule has 1 saturated heterocycles. The zero-order valence-electron chi connectivity index (χ0n) is 12.9. The van der Waals surface area contributed by atoms with Gasteiger partial charge in [0.15, 0.2) is 0 Å². The normalized spacial score (nSPS) is 18.3. The first-order valence-electron chi connectivity index (χ1n) is 7.99. The van der Waals surface area contributed by atoms with Gasteiger partial charge in [-0.05, 0) is 54.8 Å². The number of nitrogens with one attached hydrogen (secondary N) is 1. The lowest BCUT2D eigenvalue weighted by molar-refractivity contribution is -0.110. The minimum Gasteiger partial charge on any atom is -0.399 e. The summed E-state index contributed by atoms with van der Waals surface area (Å²) in [6.45, 7) is 2.27. The molecule has 2 aromatic carbocycles. The summed E-state index contributed by atoms with van der Waals surface area (Å²) in [6, 6.07) is 13.9. The molecule has 0 unspecified atom stereocenters. The van der Waals surface area contributed by atoms with Gasteiger partial charge in [-0.25, -0.2) is 0 Å². The number of nitrogen functional groups attached to an aromatic ring is 1. The minimum atomic E-state index is -0.0748. The summed E-state index contributed by atoms with van der Waals surface area (Å²) in [7, 11) is 0. The van der Waals surface area contributed by atoms with E-state index >= 15 is 0 Å². The van der Waals surface area contributed by atoms with Gasteiger partial charge in [-0.2, -0.15) is 0 Å². The van der Waals surface area contributed by atoms with Crippen molar-refractivity contribution in [2.75, 3.05) is 29.0 Å². The van der Waals surface area contributed by atoms with Gasteiger partial charge in [-0.1, -0.05) is 12.1 Å². The van der Waals surface area contributed by atoms with E-state index in [1.165, 1.54) is 18.5 Å². The van der Waals surface area contributed by atoms with Crippen molar-refractivity contribution >= 4 is 34.6 Å². The van der Waals surface area contributed by atoms with Crippen molar-refractivity contribution in [3.05, 3.63) is 53.6 Å². The van der Waals surface area contributed by atoms with E-state index in [4.69, 9.17) is 5.73 Å². The Bertz CT molecular complexity index is 787. The van der Waals surface area contributed by atoms with Crippen LogP contribution in [0.5, 0.6) is 0 Å². The second kappa shape index (κ2) is 5.47. The quantitative estimate of drug-likeness (QED) is 0.660. The summed E-state index contributed by atoms with van der Waals surface area (Å²) in [4.78, 5) is 14.6. The third-order valence-electron chi connectivity index (χ3n) is 4.50. The van der Waals surface area contributed by atoms with Crippen molar-refractivity contribution in [3.8, 4) is 0 Å². The zero-order valence-corrected chi connectivity index (χ0v) is 12.9. The van der Waals surface area contributed by atoms with Gasteiger partial charge < -0.3 is 16.0 Å². The highest BCUT2D eigenvalue weighted by Gasteiger charge is 2.24. The summed E-state index contributed by atoms with van der Waals surface area (Å²) in [5.41, 5.74) is 11.2. The Kier molecular flexibility index (Phi) is 3.30. The largest absolute Gasteiger partial charge is 0.399 e. The molecule has 0 spiro atoms. The predicted octanol–water partition coefficient (Wildman–Crippen LogP) is 3.36. The number of benzene rings is 2. The SMILES string of the molecule is Nc1ccc2c(c1)C(=Cc1ccc(N3CCCC3)cc1)C(=O)N2. The molecular formula is C19H19N3O. The second-order valence-electron chi connectivity index (χ2n) is 6.10. The Morgan fingerprint density at radius 3 is 2.52 bits per heavy atom. The molecule has 116 valence electrons. The molecule has 2 aliphatic heterocycles. The average Bonchev–Trinajstić information content (AvgIpc) is 3.18. The fourth-order valence-corrected chi connectivity index (χ4v) is 3.27. The van der Waals surface area contributed by atoms with Crippen molar-refractivity contribution in [2.45, 2.75) is 12.8 Å². The molecule has 2 aromatic rings. The zero-order chi connectivity index (χ0) is 15.8. The summed E-state index contributed by atoms with van der Waals surface area (Å²) in [5.74, 6) is -0.0748. The number of amides is 1. The van der Waals surface area contributed by atoms with E-state index in [2.05, 4.69) is 34.5 Å². The van der Waals surface area contributed by atoms with Crippen LogP contribution in [0.25, 0.3) is 11.6 Å². The molecular weight excluding hydrogens is 286 g/mol. The van der Waals surface area contributed by atoms with Crippen molar-refractivity contribution < 1.29 is 4.79 Å². The first-order valence-corrected chi connectivity index (χ1v) is 7.99. The van der Waals surface area contributed by atoms with Gasteiger partial charge in [0.25, 0.3) is 5.91 Å². The first-order chi connectivity index (χ1) is 11.2. The Morgan fingerprint density at radius 1 is 1.04 bits per heavy atom. The number of nitrogens with zero attached hydrogens (tertiary/aromatic N) is 1. The van der Waals surface area contributed by atoms with Gasteiger partial charge in [0.2, 0.25) is 0 Å². The molecule has 0 bridgehead atoms. The molecule has 0 atom stereocenters. The third kappa shape index (κ3) is 2.57. The predicted molar refractivity (Wildman–Crippen MR) is 95.2 cm³/mol. The maximum Gasteiger partial charge on any atom is 0.256 e. The standard InChI is InChI=1S/C19H19N3O/c20-14-5-8-18-16(12-14)17(19(23)21-18)11-13-3-6-15(7-4-13)22-9-1-2-10-22/h3-8,11-12H,1-2,9-10,20H2,(H,21,23). The molecule has 4 rings (SSSR count). The summed E-state index contributed by atoms with van der Waals surface area (Å²) >= 11 is 0. The van der Waals surface area contributed by atoms with Crippen LogP contribution in [0.15, 0.2) is 42.5 Å². The van der Waals surface area contributed by atoms with Crippen LogP contribution in [0.1, 0.15) is 24.0 Å². The Labute approximate surface area is 135 Å². The molecule has 1 fully saturated rings. The lowest BCUT2D eigenvalue weighted by Gasteiger charge is -2.17. The van der Waals surface area contributed by atoms with Crippen molar-refractivity contribution in [1.82, 2.24) is 0 Å². The van der Waals surface area contributed by atoms with E-state index in [1.807, 2.05) is 18.2 Å². The average molecular weight is 305 g/mol. The van der Waals surface area contributed by atoms with Crippen LogP contribution in [0.3, 0.4) is 0 Å². The summed E-state index contributed by atoms with van der Waals surface area (Å²) < 4.78 is 0. The lowest BCUT2D eigenvalue weighted by atomic mass is 10.0. The van der Waals surface area contributed by atoms with E-state index < -0.39 is 0 Å². The van der Waals surface area contributed by atoms with E-state index in [0.717, 1.165) is 29.9 Å². The minimum absolute atomic E-state index is 0.0748. The van der Waals surface area contributed by atoms with Crippen LogP contribution < -0.4 is 16.0 Å². The van der Waals surface area contributed by atoms with Crippen LogP contribution in [-0.2, 0) is 4.79 Å². The molecule has 4 heteroatoms. The Hall–Kier alpha value is -2.75. The number of nitrogens with two attached hydrogens (primary N) is 1. The summed E-state index contributed by atoms with van der Waals surface area (Å²) in [5, 5.41) is 2.88.